The van der Waals surface area contributed by atoms with Crippen LogP contribution in [-0.4, -0.2) is 36.3 Å². The second kappa shape index (κ2) is 8.74. The van der Waals surface area contributed by atoms with Crippen molar-refractivity contribution in [2.45, 2.75) is 69.2 Å². The summed E-state index contributed by atoms with van der Waals surface area (Å²) >= 11 is 0. The minimum Gasteiger partial charge on any atom is -0.365 e. The largest absolute Gasteiger partial charge is 0.365 e. The number of aryl methyl sites for hydroxylation is 2. The zero-order chi connectivity index (χ0) is 22.3. The van der Waals surface area contributed by atoms with E-state index in [4.69, 9.17) is 4.74 Å². The first kappa shape index (κ1) is 21.1. The number of likely N-dealkylation sites (N-methyl/N-ethyl adjacent to an activating group) is 1. The number of ether oxygens (including phenoxy) is 1. The van der Waals surface area contributed by atoms with Crippen molar-refractivity contribution in [3.63, 3.8) is 0 Å². The summed E-state index contributed by atoms with van der Waals surface area (Å²) in [6, 6.07) is 30.5. The second-order valence-electron chi connectivity index (χ2n) is 10.7. The van der Waals surface area contributed by atoms with Crippen LogP contribution in [0.3, 0.4) is 0 Å². The molecule has 2 heteroatoms. The smallest absolute Gasteiger partial charge is 0.108 e. The predicted octanol–water partition coefficient (Wildman–Crippen LogP) is 6.27. The Balaban J connectivity index is 1.22. The molecule has 0 saturated carbocycles. The fourth-order valence-corrected chi connectivity index (χ4v) is 7.00. The molecule has 2 fully saturated rings. The fourth-order valence-electron chi connectivity index (χ4n) is 7.00. The van der Waals surface area contributed by atoms with Gasteiger partial charge in [-0.05, 0) is 40.7 Å². The van der Waals surface area contributed by atoms with E-state index in [1.165, 1.54) is 70.9 Å². The van der Waals surface area contributed by atoms with E-state index in [0.717, 1.165) is 24.9 Å². The molecule has 0 amide bonds. The van der Waals surface area contributed by atoms with Crippen LogP contribution >= 0.6 is 0 Å². The fraction of sp³-hybridized carbons (Fsp3) is 0.419. The molecule has 3 aliphatic rings. The number of nitrogens with zero attached hydrogens (tertiary/aromatic N) is 1. The van der Waals surface area contributed by atoms with Gasteiger partial charge in [-0.2, -0.15) is 0 Å². The molecule has 2 saturated heterocycles. The lowest BCUT2D eigenvalue weighted by atomic mass is 9.93. The van der Waals surface area contributed by atoms with Crippen molar-refractivity contribution in [1.29, 1.82) is 0 Å². The van der Waals surface area contributed by atoms with Crippen molar-refractivity contribution in [2.24, 2.45) is 0 Å². The van der Waals surface area contributed by atoms with Crippen molar-refractivity contribution in [3.8, 4) is 0 Å². The van der Waals surface area contributed by atoms with E-state index in [1.807, 2.05) is 0 Å². The first-order valence-corrected chi connectivity index (χ1v) is 12.9. The van der Waals surface area contributed by atoms with Crippen LogP contribution in [0.5, 0.6) is 0 Å². The second-order valence-corrected chi connectivity index (χ2v) is 10.7. The van der Waals surface area contributed by atoms with Crippen LogP contribution < -0.4 is 0 Å². The van der Waals surface area contributed by atoms with Crippen molar-refractivity contribution in [2.75, 3.05) is 13.6 Å². The molecule has 170 valence electrons. The lowest BCUT2D eigenvalue weighted by molar-refractivity contribution is -0.949. The Kier molecular flexibility index (Phi) is 5.60. The number of fused-ring (bicyclic) bond motifs is 4. The van der Waals surface area contributed by atoms with Gasteiger partial charge in [-0.25, -0.2) is 0 Å². The lowest BCUT2D eigenvalue weighted by Crippen LogP contribution is -2.59. The molecule has 3 aromatic rings. The van der Waals surface area contributed by atoms with Crippen LogP contribution in [0.4, 0.5) is 0 Å². The third-order valence-corrected chi connectivity index (χ3v) is 8.96. The van der Waals surface area contributed by atoms with Gasteiger partial charge in [0.2, 0.25) is 0 Å². The summed E-state index contributed by atoms with van der Waals surface area (Å²) in [5, 5.41) is 0. The van der Waals surface area contributed by atoms with Crippen LogP contribution in [0.25, 0.3) is 0 Å². The van der Waals surface area contributed by atoms with Gasteiger partial charge in [0.25, 0.3) is 0 Å². The zero-order valence-corrected chi connectivity index (χ0v) is 19.8. The third kappa shape index (κ3) is 3.94. The molecule has 2 unspecified atom stereocenters. The first-order chi connectivity index (χ1) is 16.2. The predicted molar refractivity (Wildman–Crippen MR) is 134 cm³/mol. The maximum Gasteiger partial charge on any atom is 0.108 e. The Morgan fingerprint density at radius 1 is 0.727 bits per heavy atom. The highest BCUT2D eigenvalue weighted by Crippen LogP contribution is 2.45. The van der Waals surface area contributed by atoms with Gasteiger partial charge in [0.1, 0.15) is 6.10 Å². The summed E-state index contributed by atoms with van der Waals surface area (Å²) in [5.74, 6) is 0. The molecule has 2 bridgehead atoms. The lowest BCUT2D eigenvalue weighted by Gasteiger charge is -2.47. The van der Waals surface area contributed by atoms with E-state index in [9.17, 15) is 0 Å². The molecule has 0 aromatic heterocycles. The van der Waals surface area contributed by atoms with Gasteiger partial charge in [0, 0.05) is 32.1 Å². The number of rotatable bonds is 5. The third-order valence-electron chi connectivity index (χ3n) is 8.96. The monoisotopic (exact) mass is 438 g/mol. The van der Waals surface area contributed by atoms with E-state index in [-0.39, 0.29) is 6.10 Å². The van der Waals surface area contributed by atoms with Gasteiger partial charge in [-0.15, -0.1) is 0 Å². The normalized spacial score (nSPS) is 28.7. The summed E-state index contributed by atoms with van der Waals surface area (Å²) in [5.41, 5.74) is 7.17. The molecule has 0 radical (unpaired) electrons. The average molecular weight is 439 g/mol. The Morgan fingerprint density at radius 3 is 1.88 bits per heavy atom. The van der Waals surface area contributed by atoms with Crippen molar-refractivity contribution in [3.05, 3.63) is 107 Å². The molecule has 0 N–H and O–H groups in total. The number of hydrogen-bond donors (Lipinski definition) is 0. The van der Waals surface area contributed by atoms with Crippen LogP contribution in [0.2, 0.25) is 0 Å². The maximum absolute atomic E-state index is 7.09. The Morgan fingerprint density at radius 2 is 1.27 bits per heavy atom. The Hall–Kier alpha value is -2.42. The van der Waals surface area contributed by atoms with Crippen molar-refractivity contribution in [1.82, 2.24) is 0 Å². The van der Waals surface area contributed by atoms with E-state index >= 15 is 0 Å². The molecule has 4 atom stereocenters. The highest BCUT2D eigenvalue weighted by atomic mass is 16.5. The van der Waals surface area contributed by atoms with E-state index in [2.05, 4.69) is 85.9 Å². The number of hydrogen-bond acceptors (Lipinski definition) is 1. The summed E-state index contributed by atoms with van der Waals surface area (Å²) in [7, 11) is 2.53. The van der Waals surface area contributed by atoms with Crippen molar-refractivity contribution < 1.29 is 9.22 Å². The highest BCUT2D eigenvalue weighted by molar-refractivity contribution is 5.43. The molecular weight excluding hydrogens is 402 g/mol. The topological polar surface area (TPSA) is 9.23 Å². The van der Waals surface area contributed by atoms with Gasteiger partial charge < -0.3 is 9.22 Å². The minimum absolute atomic E-state index is 0.0745. The van der Waals surface area contributed by atoms with Crippen LogP contribution in [0, 0.1) is 0 Å². The summed E-state index contributed by atoms with van der Waals surface area (Å²) in [4.78, 5) is 0. The van der Waals surface area contributed by atoms with E-state index in [0.29, 0.717) is 6.10 Å². The maximum atomic E-state index is 7.09. The van der Waals surface area contributed by atoms with Crippen molar-refractivity contribution >= 4 is 0 Å². The quantitative estimate of drug-likeness (QED) is 0.426. The summed E-state index contributed by atoms with van der Waals surface area (Å²) in [6.45, 7) is 1.25. The van der Waals surface area contributed by atoms with Gasteiger partial charge in [0.05, 0.1) is 31.8 Å². The first-order valence-electron chi connectivity index (χ1n) is 12.9. The average Bonchev–Trinajstić information content (AvgIpc) is 3.02. The number of quaternary nitrogens is 1. The molecule has 2 aliphatic heterocycles. The Labute approximate surface area is 198 Å². The van der Waals surface area contributed by atoms with Crippen LogP contribution in [0.15, 0.2) is 78.9 Å². The molecule has 2 nitrogen and oxygen atoms in total. The van der Waals surface area contributed by atoms with E-state index in [1.54, 1.807) is 0 Å². The van der Waals surface area contributed by atoms with E-state index < -0.39 is 0 Å². The highest BCUT2D eigenvalue weighted by Gasteiger charge is 2.52. The molecule has 6 rings (SSSR count). The molecule has 3 aromatic carbocycles. The summed E-state index contributed by atoms with van der Waals surface area (Å²) < 4.78 is 8.33. The SMILES string of the molecule is C[N+]1(CCc2ccccc2)[C@@H]2CC[C@H]1CC(OC1c3ccccc3CCc3ccccc31)C2. The molecule has 2 heterocycles. The minimum atomic E-state index is 0.0745. The van der Waals surface area contributed by atoms with Crippen LogP contribution in [0.1, 0.15) is 59.6 Å². The Bertz CT molecular complexity index is 1050. The standard InChI is InChI=1S/C31H36NO/c1-32(20-19-23-9-3-2-4-10-23)26-17-18-27(32)22-28(21-26)33-31-29-13-7-5-11-24(29)15-16-25-12-6-8-14-30(25)31/h2-14,26-28,31H,15-22H2,1H3/q+1/t26-,27+,28?,32?. The van der Waals surface area contributed by atoms with Gasteiger partial charge >= 0.3 is 0 Å². The number of benzene rings is 3. The molecule has 1 aliphatic carbocycles. The van der Waals surface area contributed by atoms with Gasteiger partial charge in [-0.3, -0.25) is 0 Å². The van der Waals surface area contributed by atoms with Gasteiger partial charge in [-0.1, -0.05) is 78.9 Å². The molecular formula is C31H36NO+. The zero-order valence-electron chi connectivity index (χ0n) is 19.8. The molecule has 0 spiro atoms. The number of piperidine rings is 1. The van der Waals surface area contributed by atoms with Crippen LogP contribution in [-0.2, 0) is 24.0 Å². The molecule has 33 heavy (non-hydrogen) atoms. The van der Waals surface area contributed by atoms with Gasteiger partial charge in [0.15, 0.2) is 0 Å². The summed E-state index contributed by atoms with van der Waals surface area (Å²) in [6.07, 6.45) is 8.93.